The molecule has 1 saturated heterocycles. The number of nitrogens with zero attached hydrogens (tertiary/aromatic N) is 2. The average molecular weight is 361 g/mol. The van der Waals surface area contributed by atoms with Crippen LogP contribution in [0.2, 0.25) is 0 Å². The number of anilines is 1. The van der Waals surface area contributed by atoms with Gasteiger partial charge in [-0.3, -0.25) is 4.68 Å². The Balaban J connectivity index is 1.70. The lowest BCUT2D eigenvalue weighted by atomic mass is 10.1. The van der Waals surface area contributed by atoms with E-state index < -0.39 is 9.84 Å². The van der Waals surface area contributed by atoms with Gasteiger partial charge in [-0.25, -0.2) is 8.42 Å². The van der Waals surface area contributed by atoms with Gasteiger partial charge in [-0.15, -0.1) is 0 Å². The number of ether oxygens (including phenoxy) is 1. The fourth-order valence-electron chi connectivity index (χ4n) is 3.42. The maximum absolute atomic E-state index is 11.5. The SMILES string of the molecule is Cc1cc(Oc2c(C3CC3)nn(C3CS(=O)(=O)C3)c2C)cc(C)c1N. The Kier molecular flexibility index (Phi) is 3.61. The molecule has 0 radical (unpaired) electrons. The molecule has 2 fully saturated rings. The predicted octanol–water partition coefficient (Wildman–Crippen LogP) is 3.03. The first kappa shape index (κ1) is 16.4. The van der Waals surface area contributed by atoms with Gasteiger partial charge in [-0.1, -0.05) is 0 Å². The van der Waals surface area contributed by atoms with Crippen molar-refractivity contribution in [1.29, 1.82) is 0 Å². The van der Waals surface area contributed by atoms with Crippen LogP contribution < -0.4 is 10.5 Å². The highest BCUT2D eigenvalue weighted by Gasteiger charge is 2.39. The van der Waals surface area contributed by atoms with Crippen LogP contribution in [0.4, 0.5) is 5.69 Å². The van der Waals surface area contributed by atoms with Crippen molar-refractivity contribution >= 4 is 15.5 Å². The van der Waals surface area contributed by atoms with Crippen molar-refractivity contribution in [1.82, 2.24) is 9.78 Å². The summed E-state index contributed by atoms with van der Waals surface area (Å²) in [6, 6.07) is 3.79. The van der Waals surface area contributed by atoms with Gasteiger partial charge in [0.2, 0.25) is 0 Å². The number of aromatic nitrogens is 2. The molecule has 1 aliphatic heterocycles. The van der Waals surface area contributed by atoms with Crippen LogP contribution in [0.3, 0.4) is 0 Å². The van der Waals surface area contributed by atoms with Crippen LogP contribution in [0.1, 0.15) is 47.3 Å². The summed E-state index contributed by atoms with van der Waals surface area (Å²) in [5.41, 5.74) is 10.6. The van der Waals surface area contributed by atoms with Gasteiger partial charge >= 0.3 is 0 Å². The number of aryl methyl sites for hydroxylation is 2. The zero-order chi connectivity index (χ0) is 17.9. The minimum atomic E-state index is -2.89. The van der Waals surface area contributed by atoms with Crippen LogP contribution in [-0.4, -0.2) is 29.7 Å². The molecule has 1 aliphatic carbocycles. The molecule has 2 aromatic rings. The van der Waals surface area contributed by atoms with Gasteiger partial charge in [-0.05, 0) is 56.9 Å². The van der Waals surface area contributed by atoms with E-state index in [1.165, 1.54) is 0 Å². The standard InChI is InChI=1S/C18H23N3O3S/c1-10-6-15(7-11(2)16(10)19)24-18-12(3)21(14-8-25(22,23)9-14)20-17(18)13-4-5-13/h6-7,13-14H,4-5,8-9,19H2,1-3H3. The van der Waals surface area contributed by atoms with E-state index in [0.29, 0.717) is 5.92 Å². The van der Waals surface area contributed by atoms with Crippen molar-refractivity contribution in [2.75, 3.05) is 17.2 Å². The molecular weight excluding hydrogens is 338 g/mol. The van der Waals surface area contributed by atoms with Crippen LogP contribution in [-0.2, 0) is 9.84 Å². The molecule has 25 heavy (non-hydrogen) atoms. The van der Waals surface area contributed by atoms with Crippen molar-refractivity contribution in [3.63, 3.8) is 0 Å². The summed E-state index contributed by atoms with van der Waals surface area (Å²) in [5, 5.41) is 4.72. The van der Waals surface area contributed by atoms with E-state index >= 15 is 0 Å². The molecule has 2 N–H and O–H groups in total. The Morgan fingerprint density at radius 1 is 1.16 bits per heavy atom. The Morgan fingerprint density at radius 2 is 1.76 bits per heavy atom. The first-order valence-electron chi connectivity index (χ1n) is 8.59. The van der Waals surface area contributed by atoms with Gasteiger partial charge in [0.15, 0.2) is 15.6 Å². The lowest BCUT2D eigenvalue weighted by Gasteiger charge is -2.27. The van der Waals surface area contributed by atoms with Crippen LogP contribution in [0.15, 0.2) is 12.1 Å². The fraction of sp³-hybridized carbons (Fsp3) is 0.500. The Morgan fingerprint density at radius 3 is 2.28 bits per heavy atom. The second-order valence-corrected chi connectivity index (χ2v) is 9.48. The Labute approximate surface area is 147 Å². The highest BCUT2D eigenvalue weighted by atomic mass is 32.2. The molecule has 0 unspecified atom stereocenters. The third-order valence-electron chi connectivity index (χ3n) is 5.11. The number of nitrogens with two attached hydrogens (primary N) is 1. The molecule has 0 bridgehead atoms. The number of sulfone groups is 1. The minimum Gasteiger partial charge on any atom is -0.453 e. The van der Waals surface area contributed by atoms with E-state index in [-0.39, 0.29) is 17.5 Å². The highest BCUT2D eigenvalue weighted by molar-refractivity contribution is 7.92. The summed E-state index contributed by atoms with van der Waals surface area (Å²) in [7, 11) is -2.89. The van der Waals surface area contributed by atoms with Crippen molar-refractivity contribution in [3.05, 3.63) is 34.6 Å². The predicted molar refractivity (Wildman–Crippen MR) is 97.0 cm³/mol. The summed E-state index contributed by atoms with van der Waals surface area (Å²) in [6.07, 6.45) is 2.21. The van der Waals surface area contributed by atoms with Crippen molar-refractivity contribution < 1.29 is 13.2 Å². The van der Waals surface area contributed by atoms with Crippen LogP contribution in [0.5, 0.6) is 11.5 Å². The van der Waals surface area contributed by atoms with E-state index in [2.05, 4.69) is 0 Å². The number of hydrogen-bond acceptors (Lipinski definition) is 5. The molecule has 0 spiro atoms. The smallest absolute Gasteiger partial charge is 0.171 e. The molecule has 134 valence electrons. The molecule has 0 atom stereocenters. The van der Waals surface area contributed by atoms with Crippen LogP contribution >= 0.6 is 0 Å². The van der Waals surface area contributed by atoms with Gasteiger partial charge in [0.25, 0.3) is 0 Å². The van der Waals surface area contributed by atoms with Crippen molar-refractivity contribution in [2.24, 2.45) is 0 Å². The highest BCUT2D eigenvalue weighted by Crippen LogP contribution is 2.47. The summed E-state index contributed by atoms with van der Waals surface area (Å²) < 4.78 is 31.1. The monoisotopic (exact) mass is 361 g/mol. The van der Waals surface area contributed by atoms with E-state index in [1.807, 2.05) is 37.6 Å². The lowest BCUT2D eigenvalue weighted by molar-refractivity contribution is 0.451. The summed E-state index contributed by atoms with van der Waals surface area (Å²) in [6.45, 7) is 5.88. The quantitative estimate of drug-likeness (QED) is 0.846. The lowest BCUT2D eigenvalue weighted by Crippen LogP contribution is -2.39. The van der Waals surface area contributed by atoms with E-state index in [1.54, 1.807) is 0 Å². The van der Waals surface area contributed by atoms with E-state index in [9.17, 15) is 8.42 Å². The molecule has 4 rings (SSSR count). The number of nitrogen functional groups attached to an aromatic ring is 1. The van der Waals surface area contributed by atoms with Gasteiger partial charge in [0.05, 0.1) is 23.2 Å². The summed E-state index contributed by atoms with van der Waals surface area (Å²) >= 11 is 0. The molecule has 2 aliphatic rings. The fourth-order valence-corrected chi connectivity index (χ4v) is 4.78. The molecule has 6 nitrogen and oxygen atoms in total. The number of hydrogen-bond donors (Lipinski definition) is 1. The average Bonchev–Trinajstić information content (AvgIpc) is 3.29. The summed E-state index contributed by atoms with van der Waals surface area (Å²) in [4.78, 5) is 0. The van der Waals surface area contributed by atoms with E-state index in [0.717, 1.165) is 52.5 Å². The molecule has 7 heteroatoms. The van der Waals surface area contributed by atoms with Crippen molar-refractivity contribution in [2.45, 2.75) is 45.6 Å². The van der Waals surface area contributed by atoms with Crippen LogP contribution in [0.25, 0.3) is 0 Å². The molecule has 2 heterocycles. The molecule has 1 saturated carbocycles. The Hall–Kier alpha value is -2.02. The number of benzene rings is 1. The zero-order valence-corrected chi connectivity index (χ0v) is 15.6. The number of rotatable bonds is 4. The maximum atomic E-state index is 11.5. The topological polar surface area (TPSA) is 87.2 Å². The molecule has 0 amide bonds. The van der Waals surface area contributed by atoms with E-state index in [4.69, 9.17) is 15.6 Å². The first-order chi connectivity index (χ1) is 11.7. The second kappa shape index (κ2) is 5.49. The normalized spacial score (nSPS) is 19.6. The zero-order valence-electron chi connectivity index (χ0n) is 14.7. The van der Waals surface area contributed by atoms with Gasteiger partial charge in [-0.2, -0.15) is 5.10 Å². The largest absolute Gasteiger partial charge is 0.453 e. The van der Waals surface area contributed by atoms with Gasteiger partial charge in [0, 0.05) is 11.6 Å². The molecule has 1 aromatic heterocycles. The third-order valence-corrected chi connectivity index (χ3v) is 6.90. The van der Waals surface area contributed by atoms with Crippen LogP contribution in [0, 0.1) is 20.8 Å². The second-order valence-electron chi connectivity index (χ2n) is 7.32. The maximum Gasteiger partial charge on any atom is 0.171 e. The van der Waals surface area contributed by atoms with Crippen molar-refractivity contribution in [3.8, 4) is 11.5 Å². The summed E-state index contributed by atoms with van der Waals surface area (Å²) in [5.74, 6) is 2.27. The third kappa shape index (κ3) is 2.90. The Bertz CT molecular complexity index is 923. The first-order valence-corrected chi connectivity index (χ1v) is 10.4. The molecular formula is C18H23N3O3S. The minimum absolute atomic E-state index is 0.0743. The van der Waals surface area contributed by atoms with Gasteiger partial charge in [0.1, 0.15) is 11.4 Å². The molecule has 1 aromatic carbocycles. The van der Waals surface area contributed by atoms with Gasteiger partial charge < -0.3 is 10.5 Å².